The molecule has 0 saturated heterocycles. The summed E-state index contributed by atoms with van der Waals surface area (Å²) in [6, 6.07) is -2.79. The zero-order chi connectivity index (χ0) is 71.9. The molecular formula is C66H124N12O17S. The monoisotopic (exact) mass is 1390 g/mol. The van der Waals surface area contributed by atoms with E-state index in [9.17, 15) is 53.4 Å². The van der Waals surface area contributed by atoms with Gasteiger partial charge in [-0.25, -0.2) is 14.6 Å². The molecule has 0 aromatic carbocycles. The smallest absolute Gasteiger partial charge is 0.326 e. The van der Waals surface area contributed by atoms with Crippen molar-refractivity contribution in [3.8, 4) is 0 Å². The summed E-state index contributed by atoms with van der Waals surface area (Å²) >= 11 is 3.98. The van der Waals surface area contributed by atoms with Gasteiger partial charge in [-0.1, -0.05) is 156 Å². The highest BCUT2D eigenvalue weighted by atomic mass is 32.1. The molecule has 29 nitrogen and oxygen atoms in total. The lowest BCUT2D eigenvalue weighted by Gasteiger charge is -2.23. The number of aldehydes is 1. The van der Waals surface area contributed by atoms with Crippen molar-refractivity contribution in [1.29, 1.82) is 0 Å². The highest BCUT2D eigenvalue weighted by Gasteiger charge is 2.27. The van der Waals surface area contributed by atoms with Gasteiger partial charge in [-0.15, -0.1) is 0 Å². The van der Waals surface area contributed by atoms with Crippen molar-refractivity contribution in [2.24, 2.45) is 22.4 Å². The minimum atomic E-state index is -1.19. The zero-order valence-corrected chi connectivity index (χ0v) is 59.2. The highest BCUT2D eigenvalue weighted by molar-refractivity contribution is 7.78. The minimum absolute atomic E-state index is 0.0205. The normalized spacial score (nSPS) is 12.4. The summed E-state index contributed by atoms with van der Waals surface area (Å²) in [5, 5.41) is 42.7. The first-order valence-electron chi connectivity index (χ1n) is 34.8. The number of aryl methyl sites for hydroxylation is 1. The summed E-state index contributed by atoms with van der Waals surface area (Å²) in [5.41, 5.74) is 11.6. The summed E-state index contributed by atoms with van der Waals surface area (Å²) in [5.74, 6) is -5.07. The zero-order valence-electron chi connectivity index (χ0n) is 58.3. The van der Waals surface area contributed by atoms with Crippen molar-refractivity contribution in [2.45, 2.75) is 244 Å². The molecule has 6 amide bonds. The molecule has 0 unspecified atom stereocenters. The van der Waals surface area contributed by atoms with E-state index in [0.717, 1.165) is 63.3 Å². The second-order valence-corrected chi connectivity index (χ2v) is 22.9. The molecule has 0 spiro atoms. The molecule has 1 saturated carbocycles. The number of imidazole rings is 1. The summed E-state index contributed by atoms with van der Waals surface area (Å²) in [6.07, 6.45) is 35.9. The number of nitrogens with zero attached hydrogens (tertiary/aromatic N) is 2. The number of ether oxygens (including phenoxy) is 4. The number of carbonyl (C=O) groups is 10. The molecule has 2 rings (SSSR count). The first kappa shape index (κ1) is 93.7. The second-order valence-electron chi connectivity index (χ2n) is 22.7. The molecule has 1 aromatic heterocycles. The summed E-state index contributed by atoms with van der Waals surface area (Å²) < 4.78 is 23.8. The van der Waals surface area contributed by atoms with Gasteiger partial charge in [0.1, 0.15) is 31.6 Å². The molecule has 0 bridgehead atoms. The maximum atomic E-state index is 12.4. The van der Waals surface area contributed by atoms with Crippen LogP contribution in [0, 0.1) is 5.92 Å². The number of amides is 6. The number of aromatic amines is 1. The fourth-order valence-electron chi connectivity index (χ4n) is 9.32. The number of nitrogens with two attached hydrogens (primary N) is 2. The lowest BCUT2D eigenvalue weighted by atomic mass is 9.88. The van der Waals surface area contributed by atoms with Crippen LogP contribution in [-0.2, 0) is 73.3 Å². The van der Waals surface area contributed by atoms with Crippen LogP contribution in [0.1, 0.15) is 226 Å². The van der Waals surface area contributed by atoms with Crippen molar-refractivity contribution in [3.63, 3.8) is 0 Å². The number of carboxylic acids is 3. The molecule has 3 atom stereocenters. The van der Waals surface area contributed by atoms with Gasteiger partial charge >= 0.3 is 17.9 Å². The lowest BCUT2D eigenvalue weighted by Crippen LogP contribution is -2.44. The number of H-pyrrole nitrogens is 1. The number of aliphatic imine (C=N–C) groups is 1. The van der Waals surface area contributed by atoms with E-state index < -0.39 is 41.9 Å². The summed E-state index contributed by atoms with van der Waals surface area (Å²) in [6.45, 7) is 7.67. The molecule has 96 heavy (non-hydrogen) atoms. The van der Waals surface area contributed by atoms with Crippen LogP contribution < -0.4 is 48.1 Å². The summed E-state index contributed by atoms with van der Waals surface area (Å²) in [7, 11) is 1.56. The minimum Gasteiger partial charge on any atom is -0.481 e. The van der Waals surface area contributed by atoms with Crippen molar-refractivity contribution in [1.82, 2.24) is 46.6 Å². The van der Waals surface area contributed by atoms with Crippen LogP contribution in [-0.4, -0.2) is 196 Å². The number of aromatic nitrogens is 2. The fraction of sp³-hybridized carbons (Fsp3) is 0.788. The maximum absolute atomic E-state index is 12.4. The van der Waals surface area contributed by atoms with E-state index in [1.807, 2.05) is 13.8 Å². The van der Waals surface area contributed by atoms with Gasteiger partial charge in [-0.2, -0.15) is 0 Å². The predicted octanol–water partition coefficient (Wildman–Crippen LogP) is 5.97. The van der Waals surface area contributed by atoms with E-state index in [2.05, 4.69) is 71.3 Å². The Kier molecular flexibility index (Phi) is 69.6. The van der Waals surface area contributed by atoms with Crippen LogP contribution in [0.3, 0.4) is 0 Å². The lowest BCUT2D eigenvalue weighted by molar-refractivity contribution is -0.143. The van der Waals surface area contributed by atoms with Gasteiger partial charge in [-0.05, 0) is 64.2 Å². The molecule has 1 fully saturated rings. The Morgan fingerprint density at radius 3 is 1.59 bits per heavy atom. The van der Waals surface area contributed by atoms with Crippen LogP contribution in [0.25, 0.3) is 0 Å². The number of aliphatic carboxylic acids is 3. The molecule has 15 N–H and O–H groups in total. The van der Waals surface area contributed by atoms with E-state index in [-0.39, 0.29) is 121 Å². The van der Waals surface area contributed by atoms with Gasteiger partial charge in [0, 0.05) is 70.3 Å². The van der Waals surface area contributed by atoms with E-state index in [0.29, 0.717) is 58.0 Å². The van der Waals surface area contributed by atoms with Gasteiger partial charge in [-0.3, -0.25) is 43.3 Å². The quantitative estimate of drug-likeness (QED) is 0.0117. The first-order chi connectivity index (χ1) is 46.4. The molecule has 0 aliphatic heterocycles. The van der Waals surface area contributed by atoms with Gasteiger partial charge < -0.3 is 87.4 Å². The number of rotatable bonds is 57. The van der Waals surface area contributed by atoms with E-state index in [4.69, 9.17) is 40.3 Å². The Balaban J connectivity index is -0.00000188. The second kappa shape index (κ2) is 71.3. The van der Waals surface area contributed by atoms with Crippen LogP contribution in [0.2, 0.25) is 0 Å². The summed E-state index contributed by atoms with van der Waals surface area (Å²) in [4.78, 5) is 124. The first-order valence-corrected chi connectivity index (χ1v) is 35.3. The standard InChI is InChI=1S/C36H65N9O13S.C20H40O2.C6H8N2O.C2H5NO.C2H6/c37-36(38)42-14-6-10-26(45-59)33(50)41-13-5-4-9-27(34(51)52)43-31(48)24-58-22-20-56-18-16-40-30(47)23-57-21-19-55-17-15-39-29(46)12-11-28(35(53)54)44-32(49)25-7-2-1-3-8-25;1-2-3-4-5-6-7-8-9-10-11-12-13-14-15-16-17-18-19-20(21)22;9-3-1-2-6-4-7-5-8-6;1-3-2-4;1-2/h25-28,45,59H,1-24H2,(H,39,46)(H,40,47)(H,41,50)(H,43,48)(H,44,49)(H,51,52)(H,53,54)(H4,37,38,42);2-19H2,1H3,(H,21,22);3-5H,1-2H2,(H,7,8);2H,1H3,(H,3,4);1-2H3/t26-,27-,28-;;;;/m0..../s1. The van der Waals surface area contributed by atoms with Gasteiger partial charge in [0.05, 0.1) is 52.0 Å². The van der Waals surface area contributed by atoms with Crippen LogP contribution in [0.15, 0.2) is 17.5 Å². The largest absolute Gasteiger partial charge is 0.481 e. The molecule has 556 valence electrons. The predicted molar refractivity (Wildman–Crippen MR) is 373 cm³/mol. The molecule has 1 aliphatic carbocycles. The number of carbonyl (C=O) groups excluding carboxylic acids is 7. The third-order valence-corrected chi connectivity index (χ3v) is 14.9. The highest BCUT2D eigenvalue weighted by Crippen LogP contribution is 2.24. The average Bonchev–Trinajstić information content (AvgIpc) is 1.86. The van der Waals surface area contributed by atoms with Crippen molar-refractivity contribution in [3.05, 3.63) is 18.2 Å². The Labute approximate surface area is 576 Å². The number of unbranched alkanes of at least 4 members (excludes halogenated alkanes) is 17. The van der Waals surface area contributed by atoms with E-state index >= 15 is 0 Å². The van der Waals surface area contributed by atoms with Crippen LogP contribution in [0.5, 0.6) is 0 Å². The number of thiol groups is 1. The Morgan fingerprint density at radius 2 is 1.11 bits per heavy atom. The van der Waals surface area contributed by atoms with Crippen molar-refractivity contribution < 1.29 is 82.2 Å². The molecule has 30 heteroatoms. The number of nitrogens with one attached hydrogen (secondary N) is 8. The number of guanidine groups is 1. The molecular weight excluding hydrogens is 1260 g/mol. The van der Waals surface area contributed by atoms with Crippen LogP contribution in [0.4, 0.5) is 0 Å². The molecule has 0 radical (unpaired) electrons. The van der Waals surface area contributed by atoms with Crippen molar-refractivity contribution in [2.75, 3.05) is 86.1 Å². The number of hydrogen-bond donors (Lipinski definition) is 14. The van der Waals surface area contributed by atoms with E-state index in [1.54, 1.807) is 19.6 Å². The average molecular weight is 1390 g/mol. The maximum Gasteiger partial charge on any atom is 0.326 e. The topological polar surface area (TPSA) is 446 Å². The number of carboxylic acid groups (broad SMARTS) is 3. The van der Waals surface area contributed by atoms with Gasteiger partial charge in [0.15, 0.2) is 5.96 Å². The molecule has 1 heterocycles. The third kappa shape index (κ3) is 64.8. The Hall–Kier alpha value is -6.47. The Bertz CT molecular complexity index is 2130. The fourth-order valence-corrected chi connectivity index (χ4v) is 9.56. The number of hydrogen-bond acceptors (Lipinski definition) is 18. The third-order valence-electron chi connectivity index (χ3n) is 14.6. The van der Waals surface area contributed by atoms with Gasteiger partial charge in [0.2, 0.25) is 35.9 Å². The Morgan fingerprint density at radius 1 is 0.615 bits per heavy atom. The molecule has 1 aromatic rings. The molecule has 1 aliphatic rings. The van der Waals surface area contributed by atoms with Crippen LogP contribution >= 0.6 is 12.8 Å². The van der Waals surface area contributed by atoms with Gasteiger partial charge in [0.25, 0.3) is 0 Å². The van der Waals surface area contributed by atoms with E-state index in [1.165, 1.54) is 96.3 Å². The SMILES string of the molecule is CC.CCCCCCCCCCCCCCCCCCCC(=O)O.CNC=O.NC(N)=NCCC[C@H](NS)C(=O)NCCCC[C@H](NC(=O)COCCOCCNC(=O)COCCOCCNC(=O)CC[C@H](NC(=O)C1CCCCC1)C(=O)O)C(=O)O.O=CCCc1cnc[nH]1. The van der Waals surface area contributed by atoms with Crippen molar-refractivity contribution >= 4 is 78.9 Å².